The summed E-state index contributed by atoms with van der Waals surface area (Å²) in [5, 5.41) is 13.2. The third-order valence-corrected chi connectivity index (χ3v) is 4.89. The van der Waals surface area contributed by atoms with E-state index in [1.165, 1.54) is 32.4 Å². The quantitative estimate of drug-likeness (QED) is 0.305. The number of methoxy groups -OCH3 is 1. The Bertz CT molecular complexity index is 1020. The molecule has 0 aromatic heterocycles. The number of rotatable bonds is 6. The Morgan fingerprint density at radius 3 is 2.45 bits per heavy atom. The average Bonchev–Trinajstić information content (AvgIpc) is 2.94. The first-order chi connectivity index (χ1) is 13.8. The Balaban J connectivity index is 1.80. The van der Waals surface area contributed by atoms with Gasteiger partial charge in [0.15, 0.2) is 11.5 Å². The SMILES string of the molecule is COc1cc(/C=C2/NC(=O)N(C)C2=O)c(Br)cc1OCc1ccc([N+](=O)[O-])cc1. The molecule has 0 radical (unpaired) electrons. The molecule has 1 N–H and O–H groups in total. The lowest BCUT2D eigenvalue weighted by atomic mass is 10.1. The predicted octanol–water partition coefficient (Wildman–Crippen LogP) is 3.47. The Morgan fingerprint density at radius 2 is 1.90 bits per heavy atom. The van der Waals surface area contributed by atoms with Crippen LogP contribution in [-0.4, -0.2) is 35.9 Å². The second-order valence-electron chi connectivity index (χ2n) is 6.09. The molecule has 1 heterocycles. The molecule has 3 rings (SSSR count). The number of nitro groups is 1. The van der Waals surface area contributed by atoms with Crippen LogP contribution in [0.5, 0.6) is 11.5 Å². The summed E-state index contributed by atoms with van der Waals surface area (Å²) in [7, 11) is 2.87. The molecule has 2 aromatic carbocycles. The molecule has 1 fully saturated rings. The van der Waals surface area contributed by atoms with E-state index in [9.17, 15) is 19.7 Å². The monoisotopic (exact) mass is 461 g/mol. The van der Waals surface area contributed by atoms with Crippen LogP contribution in [0.3, 0.4) is 0 Å². The molecule has 3 amide bonds. The normalized spacial score (nSPS) is 14.9. The molecule has 1 aliphatic rings. The predicted molar refractivity (Wildman–Crippen MR) is 107 cm³/mol. The van der Waals surface area contributed by atoms with Crippen LogP contribution in [-0.2, 0) is 11.4 Å². The standard InChI is InChI=1S/C19H16BrN3O6/c1-22-18(24)15(21-19(22)25)7-12-8-16(28-2)17(9-14(12)20)29-10-11-3-5-13(6-4-11)23(26)27/h3-9H,10H2,1-2H3,(H,21,25)/b15-7+. The molecule has 0 atom stereocenters. The summed E-state index contributed by atoms with van der Waals surface area (Å²) < 4.78 is 11.8. The van der Waals surface area contributed by atoms with Crippen molar-refractivity contribution < 1.29 is 24.0 Å². The molecule has 29 heavy (non-hydrogen) atoms. The molecule has 0 saturated carbocycles. The van der Waals surface area contributed by atoms with Crippen LogP contribution < -0.4 is 14.8 Å². The Kier molecular flexibility index (Phi) is 5.83. The third-order valence-electron chi connectivity index (χ3n) is 4.21. The van der Waals surface area contributed by atoms with Crippen LogP contribution in [0.2, 0.25) is 0 Å². The van der Waals surface area contributed by atoms with E-state index in [2.05, 4.69) is 21.2 Å². The molecule has 150 valence electrons. The van der Waals surface area contributed by atoms with Crippen molar-refractivity contribution in [2.75, 3.05) is 14.2 Å². The van der Waals surface area contributed by atoms with Crippen LogP contribution in [0.15, 0.2) is 46.6 Å². The van der Waals surface area contributed by atoms with E-state index in [-0.39, 0.29) is 18.0 Å². The van der Waals surface area contributed by atoms with Crippen molar-refractivity contribution in [3.05, 3.63) is 67.8 Å². The largest absolute Gasteiger partial charge is 0.493 e. The first kappa shape index (κ1) is 20.3. The van der Waals surface area contributed by atoms with Gasteiger partial charge in [-0.3, -0.25) is 19.8 Å². The van der Waals surface area contributed by atoms with Crippen LogP contribution in [0.25, 0.3) is 6.08 Å². The maximum atomic E-state index is 12.0. The number of benzene rings is 2. The molecular weight excluding hydrogens is 446 g/mol. The van der Waals surface area contributed by atoms with Crippen LogP contribution in [0.1, 0.15) is 11.1 Å². The van der Waals surface area contributed by atoms with Gasteiger partial charge >= 0.3 is 6.03 Å². The number of carbonyl (C=O) groups is 2. The van der Waals surface area contributed by atoms with Gasteiger partial charge in [-0.2, -0.15) is 0 Å². The van der Waals surface area contributed by atoms with Gasteiger partial charge in [0.25, 0.3) is 11.6 Å². The summed E-state index contributed by atoms with van der Waals surface area (Å²) in [6.45, 7) is 0.181. The zero-order valence-corrected chi connectivity index (χ0v) is 17.1. The van der Waals surface area contributed by atoms with Gasteiger partial charge in [-0.15, -0.1) is 0 Å². The molecule has 0 spiro atoms. The molecule has 0 aliphatic carbocycles. The second kappa shape index (κ2) is 8.31. The van der Waals surface area contributed by atoms with E-state index in [1.54, 1.807) is 24.3 Å². The number of hydrogen-bond acceptors (Lipinski definition) is 6. The van der Waals surface area contributed by atoms with E-state index in [4.69, 9.17) is 9.47 Å². The number of amides is 3. The van der Waals surface area contributed by atoms with Crippen molar-refractivity contribution in [1.29, 1.82) is 0 Å². The molecule has 1 aliphatic heterocycles. The van der Waals surface area contributed by atoms with Gasteiger partial charge in [0, 0.05) is 23.7 Å². The lowest BCUT2D eigenvalue weighted by Gasteiger charge is -2.13. The summed E-state index contributed by atoms with van der Waals surface area (Å²) in [6, 6.07) is 8.90. The zero-order valence-electron chi connectivity index (χ0n) is 15.5. The number of nitro benzene ring substituents is 1. The summed E-state index contributed by atoms with van der Waals surface area (Å²) in [6.07, 6.45) is 1.54. The van der Waals surface area contributed by atoms with Gasteiger partial charge in [-0.05, 0) is 41.5 Å². The molecule has 0 unspecified atom stereocenters. The maximum absolute atomic E-state index is 12.0. The molecular formula is C19H16BrN3O6. The van der Waals surface area contributed by atoms with Crippen LogP contribution in [0, 0.1) is 10.1 Å². The van der Waals surface area contributed by atoms with Crippen LogP contribution >= 0.6 is 15.9 Å². The van der Waals surface area contributed by atoms with Crippen molar-refractivity contribution in [2.45, 2.75) is 6.61 Å². The van der Waals surface area contributed by atoms with E-state index >= 15 is 0 Å². The number of halogens is 1. The summed E-state index contributed by atoms with van der Waals surface area (Å²) in [4.78, 5) is 34.9. The van der Waals surface area contributed by atoms with E-state index < -0.39 is 16.9 Å². The number of nitrogens with one attached hydrogen (secondary N) is 1. The Morgan fingerprint density at radius 1 is 1.21 bits per heavy atom. The minimum absolute atomic E-state index is 0.00524. The number of hydrogen-bond donors (Lipinski definition) is 1. The van der Waals surface area contributed by atoms with Gasteiger partial charge in [0.2, 0.25) is 0 Å². The van der Waals surface area contributed by atoms with Gasteiger partial charge < -0.3 is 14.8 Å². The molecule has 0 bridgehead atoms. The Hall–Kier alpha value is -3.40. The smallest absolute Gasteiger partial charge is 0.328 e. The molecule has 10 heteroatoms. The van der Waals surface area contributed by atoms with Crippen molar-refractivity contribution in [3.63, 3.8) is 0 Å². The highest BCUT2D eigenvalue weighted by Gasteiger charge is 2.30. The van der Waals surface area contributed by atoms with Gasteiger partial charge in [-0.25, -0.2) is 4.79 Å². The van der Waals surface area contributed by atoms with Gasteiger partial charge in [-0.1, -0.05) is 15.9 Å². The summed E-state index contributed by atoms with van der Waals surface area (Å²) in [5.41, 5.74) is 1.52. The topological polar surface area (TPSA) is 111 Å². The second-order valence-corrected chi connectivity index (χ2v) is 6.94. The molecule has 1 saturated heterocycles. The lowest BCUT2D eigenvalue weighted by molar-refractivity contribution is -0.384. The fraction of sp³-hybridized carbons (Fsp3) is 0.158. The average molecular weight is 462 g/mol. The van der Waals surface area contributed by atoms with E-state index in [0.717, 1.165) is 10.5 Å². The highest BCUT2D eigenvalue weighted by atomic mass is 79.9. The molecule has 9 nitrogen and oxygen atoms in total. The number of nitrogens with zero attached hydrogens (tertiary/aromatic N) is 2. The highest BCUT2D eigenvalue weighted by Crippen LogP contribution is 2.35. The van der Waals surface area contributed by atoms with Crippen molar-refractivity contribution in [3.8, 4) is 11.5 Å². The highest BCUT2D eigenvalue weighted by molar-refractivity contribution is 9.10. The first-order valence-corrected chi connectivity index (χ1v) is 9.14. The lowest BCUT2D eigenvalue weighted by Crippen LogP contribution is -2.25. The number of ether oxygens (including phenoxy) is 2. The van der Waals surface area contributed by atoms with Gasteiger partial charge in [0.05, 0.1) is 12.0 Å². The first-order valence-electron chi connectivity index (χ1n) is 8.34. The fourth-order valence-corrected chi connectivity index (χ4v) is 3.02. The van der Waals surface area contributed by atoms with E-state index in [1.807, 2.05) is 0 Å². The van der Waals surface area contributed by atoms with Crippen molar-refractivity contribution >= 4 is 39.6 Å². The minimum Gasteiger partial charge on any atom is -0.493 e. The number of non-ortho nitro benzene ring substituents is 1. The number of carbonyl (C=O) groups excluding carboxylic acids is 2. The Labute approximate surface area is 174 Å². The van der Waals surface area contributed by atoms with Gasteiger partial charge in [0.1, 0.15) is 12.3 Å². The summed E-state index contributed by atoms with van der Waals surface area (Å²) >= 11 is 3.43. The van der Waals surface area contributed by atoms with Crippen LogP contribution in [0.4, 0.5) is 10.5 Å². The van der Waals surface area contributed by atoms with Crippen molar-refractivity contribution in [2.24, 2.45) is 0 Å². The van der Waals surface area contributed by atoms with Crippen molar-refractivity contribution in [1.82, 2.24) is 10.2 Å². The number of urea groups is 1. The fourth-order valence-electron chi connectivity index (χ4n) is 2.59. The number of likely N-dealkylation sites (N-methyl/N-ethyl adjacent to an activating group) is 1. The van der Waals surface area contributed by atoms with E-state index in [0.29, 0.717) is 21.5 Å². The third kappa shape index (κ3) is 4.37. The summed E-state index contributed by atoms with van der Waals surface area (Å²) in [5.74, 6) is 0.435. The zero-order chi connectivity index (χ0) is 21.1. The molecule has 2 aromatic rings. The maximum Gasteiger partial charge on any atom is 0.328 e. The number of imide groups is 1. The minimum atomic E-state index is -0.493.